The molecule has 3 atom stereocenters. The molecule has 0 radical (unpaired) electrons. The highest BCUT2D eigenvalue weighted by Gasteiger charge is 2.52. The van der Waals surface area contributed by atoms with E-state index in [0.29, 0.717) is 12.8 Å². The van der Waals surface area contributed by atoms with E-state index in [-0.39, 0.29) is 17.3 Å². The Morgan fingerprint density at radius 3 is 2.65 bits per heavy atom. The largest absolute Gasteiger partial charge is 0.477 e. The first-order valence-corrected chi connectivity index (χ1v) is 10.9. The Morgan fingerprint density at radius 1 is 1.29 bits per heavy atom. The van der Waals surface area contributed by atoms with Crippen LogP contribution >= 0.6 is 11.3 Å². The Morgan fingerprint density at radius 2 is 2.00 bits per heavy atom. The van der Waals surface area contributed by atoms with Gasteiger partial charge in [0.05, 0.1) is 12.1 Å². The number of likely N-dealkylation sites (tertiary alicyclic amines) is 1. The minimum Gasteiger partial charge on any atom is -0.477 e. The molecule has 1 aromatic heterocycles. The van der Waals surface area contributed by atoms with E-state index in [1.807, 2.05) is 37.3 Å². The van der Waals surface area contributed by atoms with Gasteiger partial charge in [0, 0.05) is 23.8 Å². The molecule has 0 aliphatic carbocycles. The number of carbonyl (C=O) groups excluding carboxylic acids is 1. The fraction of sp³-hybridized carbons (Fsp3) is 0.391. The Labute approximate surface area is 183 Å². The molecule has 1 amide bonds. The highest BCUT2D eigenvalue weighted by atomic mass is 32.1. The Balaban J connectivity index is 1.62. The number of hydrogen-bond acceptors (Lipinski definition) is 4. The summed E-state index contributed by atoms with van der Waals surface area (Å²) in [5.41, 5.74) is 0.931. The van der Waals surface area contributed by atoms with Crippen LogP contribution in [0.15, 0.2) is 54.6 Å². The molecule has 0 saturated carbocycles. The molecule has 31 heavy (non-hydrogen) atoms. The Hall–Kier alpha value is -2.58. The molecule has 8 heteroatoms. The summed E-state index contributed by atoms with van der Waals surface area (Å²) in [4.78, 5) is 25.4. The van der Waals surface area contributed by atoms with E-state index in [2.05, 4.69) is 0 Å². The first-order valence-electron chi connectivity index (χ1n) is 10.1. The standard InChI is InChI=1S/C23H25F2NO4S/c1-15(16-6-3-2-4-7-16)19(27)11-9-17-14-23(24,25)22(30)26(17)13-5-8-18-10-12-20(31-18)21(28)29/h2-4,6-7,9-12,15,17,19,27H,5,8,13-14H2,1H3,(H,28,29)/b11-9+/t15-,17?,19-/m0/s1. The van der Waals surface area contributed by atoms with Crippen LogP contribution in [-0.2, 0) is 11.2 Å². The number of benzene rings is 1. The van der Waals surface area contributed by atoms with Gasteiger partial charge in [-0.1, -0.05) is 49.4 Å². The van der Waals surface area contributed by atoms with Gasteiger partial charge >= 0.3 is 11.9 Å². The van der Waals surface area contributed by atoms with Crippen molar-refractivity contribution >= 4 is 23.2 Å². The molecule has 1 unspecified atom stereocenters. The van der Waals surface area contributed by atoms with E-state index in [0.717, 1.165) is 26.7 Å². The van der Waals surface area contributed by atoms with Crippen molar-refractivity contribution in [2.45, 2.75) is 50.2 Å². The van der Waals surface area contributed by atoms with Gasteiger partial charge < -0.3 is 15.1 Å². The second-order valence-corrected chi connectivity index (χ2v) is 8.89. The molecule has 1 saturated heterocycles. The zero-order valence-corrected chi connectivity index (χ0v) is 17.9. The lowest BCUT2D eigenvalue weighted by Crippen LogP contribution is -2.36. The summed E-state index contributed by atoms with van der Waals surface area (Å²) in [6, 6.07) is 11.8. The topological polar surface area (TPSA) is 77.8 Å². The number of amides is 1. The highest BCUT2D eigenvalue weighted by Crippen LogP contribution is 2.34. The van der Waals surface area contributed by atoms with Crippen LogP contribution in [0.2, 0.25) is 0 Å². The van der Waals surface area contributed by atoms with Gasteiger partial charge in [-0.25, -0.2) is 4.79 Å². The zero-order chi connectivity index (χ0) is 22.6. The number of carboxylic acid groups (broad SMARTS) is 1. The molecule has 1 fully saturated rings. The molecule has 2 heterocycles. The third-order valence-electron chi connectivity index (χ3n) is 5.50. The Bertz CT molecular complexity index is 944. The molecule has 1 aromatic carbocycles. The van der Waals surface area contributed by atoms with E-state index in [9.17, 15) is 23.5 Å². The molecule has 2 N–H and O–H groups in total. The number of aliphatic hydroxyl groups is 1. The lowest BCUT2D eigenvalue weighted by atomic mass is 9.94. The summed E-state index contributed by atoms with van der Waals surface area (Å²) >= 11 is 1.14. The number of thiophene rings is 1. The molecular formula is C23H25F2NO4S. The minimum atomic E-state index is -3.43. The third-order valence-corrected chi connectivity index (χ3v) is 6.64. The quantitative estimate of drug-likeness (QED) is 0.559. The molecule has 1 aliphatic heterocycles. The molecule has 0 bridgehead atoms. The first kappa shape index (κ1) is 23.1. The van der Waals surface area contributed by atoms with Crippen LogP contribution in [0.3, 0.4) is 0 Å². The van der Waals surface area contributed by atoms with Crippen molar-refractivity contribution in [3.63, 3.8) is 0 Å². The van der Waals surface area contributed by atoms with Crippen LogP contribution < -0.4 is 0 Å². The van der Waals surface area contributed by atoms with Crippen LogP contribution in [-0.4, -0.2) is 51.6 Å². The van der Waals surface area contributed by atoms with Crippen molar-refractivity contribution in [1.82, 2.24) is 4.90 Å². The van der Waals surface area contributed by atoms with Crippen LogP contribution in [0.5, 0.6) is 0 Å². The predicted octanol–water partition coefficient (Wildman–Crippen LogP) is 4.34. The first-order chi connectivity index (χ1) is 14.7. The van der Waals surface area contributed by atoms with Crippen molar-refractivity contribution in [1.29, 1.82) is 0 Å². The van der Waals surface area contributed by atoms with Crippen molar-refractivity contribution in [2.24, 2.45) is 0 Å². The lowest BCUT2D eigenvalue weighted by molar-refractivity contribution is -0.148. The van der Waals surface area contributed by atoms with Gasteiger partial charge in [0.25, 0.3) is 5.91 Å². The lowest BCUT2D eigenvalue weighted by Gasteiger charge is -2.22. The van der Waals surface area contributed by atoms with Gasteiger partial charge in [-0.05, 0) is 30.5 Å². The van der Waals surface area contributed by atoms with Crippen LogP contribution in [0.4, 0.5) is 8.78 Å². The SMILES string of the molecule is C[C@@H](c1ccccc1)[C@@H](O)/C=C/C1CC(F)(F)C(=O)N1CCCc1ccc(C(=O)O)s1. The number of carboxylic acids is 1. The van der Waals surface area contributed by atoms with Crippen molar-refractivity contribution in [3.05, 3.63) is 69.9 Å². The number of hydrogen-bond donors (Lipinski definition) is 2. The van der Waals surface area contributed by atoms with E-state index < -0.39 is 36.4 Å². The third kappa shape index (κ3) is 5.57. The van der Waals surface area contributed by atoms with E-state index in [1.165, 1.54) is 18.2 Å². The van der Waals surface area contributed by atoms with Crippen molar-refractivity contribution in [3.8, 4) is 0 Å². The summed E-state index contributed by atoms with van der Waals surface area (Å²) in [6.07, 6.45) is 2.44. The molecule has 2 aromatic rings. The molecule has 1 aliphatic rings. The maximum atomic E-state index is 14.1. The monoisotopic (exact) mass is 449 g/mol. The van der Waals surface area contributed by atoms with Gasteiger partial charge in [0.15, 0.2) is 0 Å². The number of aryl methyl sites for hydroxylation is 1. The minimum absolute atomic E-state index is 0.133. The van der Waals surface area contributed by atoms with Crippen molar-refractivity contribution in [2.75, 3.05) is 6.54 Å². The number of nitrogens with zero attached hydrogens (tertiary/aromatic N) is 1. The number of alkyl halides is 2. The average Bonchev–Trinajstić information content (AvgIpc) is 3.30. The number of carbonyl (C=O) groups is 2. The van der Waals surface area contributed by atoms with Crippen LogP contribution in [0.1, 0.15) is 45.8 Å². The summed E-state index contributed by atoms with van der Waals surface area (Å²) in [6.45, 7) is 1.98. The van der Waals surface area contributed by atoms with Crippen LogP contribution in [0, 0.1) is 0 Å². The molecule has 166 valence electrons. The maximum Gasteiger partial charge on any atom is 0.345 e. The smallest absolute Gasteiger partial charge is 0.345 e. The number of halogens is 2. The van der Waals surface area contributed by atoms with Crippen LogP contribution in [0.25, 0.3) is 0 Å². The zero-order valence-electron chi connectivity index (χ0n) is 17.1. The van der Waals surface area contributed by atoms with Crippen molar-refractivity contribution < 1.29 is 28.6 Å². The Kier molecular flexibility index (Phi) is 7.23. The van der Waals surface area contributed by atoms with E-state index in [1.54, 1.807) is 6.07 Å². The number of aromatic carboxylic acids is 1. The predicted molar refractivity (Wildman–Crippen MR) is 115 cm³/mol. The molecule has 0 spiro atoms. The fourth-order valence-corrected chi connectivity index (χ4v) is 4.56. The molecular weight excluding hydrogens is 424 g/mol. The van der Waals surface area contributed by atoms with E-state index in [4.69, 9.17) is 5.11 Å². The van der Waals surface area contributed by atoms with E-state index >= 15 is 0 Å². The summed E-state index contributed by atoms with van der Waals surface area (Å²) in [5, 5.41) is 19.4. The summed E-state index contributed by atoms with van der Waals surface area (Å²) in [5.74, 6) is -5.85. The fourth-order valence-electron chi connectivity index (χ4n) is 3.67. The van der Waals surface area contributed by atoms with Gasteiger partial charge in [0.1, 0.15) is 4.88 Å². The van der Waals surface area contributed by atoms with Gasteiger partial charge in [-0.2, -0.15) is 8.78 Å². The van der Waals surface area contributed by atoms with Gasteiger partial charge in [-0.15, -0.1) is 11.3 Å². The normalized spacial score (nSPS) is 20.3. The highest BCUT2D eigenvalue weighted by molar-refractivity contribution is 7.13. The van der Waals surface area contributed by atoms with Gasteiger partial charge in [-0.3, -0.25) is 4.79 Å². The summed E-state index contributed by atoms with van der Waals surface area (Å²) < 4.78 is 28.2. The summed E-state index contributed by atoms with van der Waals surface area (Å²) in [7, 11) is 0. The molecule has 5 nitrogen and oxygen atoms in total. The molecule has 3 rings (SSSR count). The maximum absolute atomic E-state index is 14.1. The average molecular weight is 450 g/mol. The number of aliphatic hydroxyl groups excluding tert-OH is 1. The van der Waals surface area contributed by atoms with Gasteiger partial charge in [0.2, 0.25) is 0 Å². The second-order valence-electron chi connectivity index (χ2n) is 7.72. The number of rotatable bonds is 9. The second kappa shape index (κ2) is 9.70.